The molecule has 4 rings (SSSR count). The van der Waals surface area contributed by atoms with Crippen molar-refractivity contribution in [2.45, 2.75) is 19.6 Å². The van der Waals surface area contributed by atoms with Crippen LogP contribution in [-0.4, -0.2) is 43.8 Å². The quantitative estimate of drug-likeness (QED) is 0.854. The second-order valence-electron chi connectivity index (χ2n) is 6.33. The number of imidazole rings is 1. The van der Waals surface area contributed by atoms with Crippen LogP contribution in [0.2, 0.25) is 0 Å². The van der Waals surface area contributed by atoms with Crippen molar-refractivity contribution < 1.29 is 15.0 Å². The number of pyridine rings is 1. The molecule has 0 spiro atoms. The summed E-state index contributed by atoms with van der Waals surface area (Å²) < 4.78 is 1.68. The van der Waals surface area contributed by atoms with Gasteiger partial charge >= 0.3 is 5.97 Å². The van der Waals surface area contributed by atoms with Crippen LogP contribution in [-0.2, 0) is 13.2 Å². The summed E-state index contributed by atoms with van der Waals surface area (Å²) in [7, 11) is 0. The van der Waals surface area contributed by atoms with Gasteiger partial charge in [-0.1, -0.05) is 6.07 Å². The van der Waals surface area contributed by atoms with Crippen molar-refractivity contribution in [3.8, 4) is 0 Å². The number of carboxylic acid groups (broad SMARTS) is 1. The molecule has 1 saturated carbocycles. The molecule has 2 aliphatic rings. The molecule has 2 aromatic heterocycles. The van der Waals surface area contributed by atoms with Gasteiger partial charge in [-0.2, -0.15) is 0 Å². The minimum atomic E-state index is -1.05. The van der Waals surface area contributed by atoms with Crippen molar-refractivity contribution in [1.29, 1.82) is 0 Å². The summed E-state index contributed by atoms with van der Waals surface area (Å²) in [5.74, 6) is 1.53. The Morgan fingerprint density at radius 2 is 2.09 bits per heavy atom. The van der Waals surface area contributed by atoms with E-state index in [-0.39, 0.29) is 12.3 Å². The third-order valence-corrected chi connectivity index (χ3v) is 4.71. The predicted octanol–water partition coefficient (Wildman–Crippen LogP) is 0.973. The van der Waals surface area contributed by atoms with E-state index in [4.69, 9.17) is 5.11 Å². The second kappa shape index (κ2) is 5.34. The third kappa shape index (κ3) is 2.68. The molecule has 120 valence electrons. The normalized spacial score (nSPS) is 22.2. The maximum atomic E-state index is 10.9. The Hall–Kier alpha value is -2.41. The van der Waals surface area contributed by atoms with Crippen molar-refractivity contribution >= 4 is 11.8 Å². The Bertz CT molecular complexity index is 748. The molecule has 0 aromatic carbocycles. The summed E-state index contributed by atoms with van der Waals surface area (Å²) >= 11 is 0. The van der Waals surface area contributed by atoms with Crippen LogP contribution in [0, 0.1) is 11.8 Å². The largest absolute Gasteiger partial charge is 0.476 e. The van der Waals surface area contributed by atoms with Gasteiger partial charge in [0.2, 0.25) is 0 Å². The Morgan fingerprint density at radius 1 is 1.30 bits per heavy atom. The molecule has 3 heterocycles. The van der Waals surface area contributed by atoms with E-state index < -0.39 is 5.97 Å². The maximum absolute atomic E-state index is 10.9. The van der Waals surface area contributed by atoms with Crippen LogP contribution in [0.15, 0.2) is 24.7 Å². The molecule has 1 aliphatic carbocycles. The zero-order valence-electron chi connectivity index (χ0n) is 12.6. The number of aromatic nitrogens is 3. The van der Waals surface area contributed by atoms with Crippen LogP contribution in [0.25, 0.3) is 0 Å². The molecule has 23 heavy (non-hydrogen) atoms. The van der Waals surface area contributed by atoms with E-state index in [1.54, 1.807) is 4.57 Å². The van der Waals surface area contributed by atoms with Crippen LogP contribution in [0.3, 0.4) is 0 Å². The van der Waals surface area contributed by atoms with E-state index >= 15 is 0 Å². The molecule has 2 aromatic rings. The zero-order valence-corrected chi connectivity index (χ0v) is 12.6. The lowest BCUT2D eigenvalue weighted by Gasteiger charge is -2.20. The van der Waals surface area contributed by atoms with E-state index in [1.165, 1.54) is 18.9 Å². The highest BCUT2D eigenvalue weighted by molar-refractivity contribution is 5.84. The Morgan fingerprint density at radius 3 is 2.74 bits per heavy atom. The Balaban J connectivity index is 1.54. The van der Waals surface area contributed by atoms with Crippen molar-refractivity contribution in [3.63, 3.8) is 0 Å². The van der Waals surface area contributed by atoms with Gasteiger partial charge in [-0.25, -0.2) is 14.8 Å². The van der Waals surface area contributed by atoms with Gasteiger partial charge in [0.25, 0.3) is 0 Å². The van der Waals surface area contributed by atoms with E-state index in [2.05, 4.69) is 14.9 Å². The van der Waals surface area contributed by atoms with Gasteiger partial charge in [-0.3, -0.25) is 0 Å². The summed E-state index contributed by atoms with van der Waals surface area (Å²) in [6.07, 6.45) is 4.30. The van der Waals surface area contributed by atoms with Crippen molar-refractivity contribution in [2.75, 3.05) is 18.0 Å². The first-order valence-corrected chi connectivity index (χ1v) is 7.73. The molecule has 7 nitrogen and oxygen atoms in total. The first-order chi connectivity index (χ1) is 11.1. The number of nitrogens with zero attached hydrogens (tertiary/aromatic N) is 4. The van der Waals surface area contributed by atoms with Gasteiger partial charge in [0.1, 0.15) is 5.82 Å². The fourth-order valence-electron chi connectivity index (χ4n) is 3.31. The molecule has 2 N–H and O–H groups in total. The van der Waals surface area contributed by atoms with Gasteiger partial charge in [0.15, 0.2) is 5.69 Å². The van der Waals surface area contributed by atoms with Crippen LogP contribution in [0.5, 0.6) is 0 Å². The molecule has 1 unspecified atom stereocenters. The predicted molar refractivity (Wildman–Crippen MR) is 82.3 cm³/mol. The number of carboxylic acids is 1. The van der Waals surface area contributed by atoms with Crippen LogP contribution in [0.1, 0.15) is 28.2 Å². The number of fused-ring (bicyclic) bond motifs is 1. The highest BCUT2D eigenvalue weighted by atomic mass is 16.4. The first-order valence-electron chi connectivity index (χ1n) is 7.73. The third-order valence-electron chi connectivity index (χ3n) is 4.71. The summed E-state index contributed by atoms with van der Waals surface area (Å²) in [6, 6.07) is 3.94. The minimum Gasteiger partial charge on any atom is -0.476 e. The Labute approximate surface area is 133 Å². The summed E-state index contributed by atoms with van der Waals surface area (Å²) in [6.45, 7) is 2.43. The fourth-order valence-corrected chi connectivity index (χ4v) is 3.31. The van der Waals surface area contributed by atoms with Crippen molar-refractivity contribution in [2.24, 2.45) is 11.8 Å². The van der Waals surface area contributed by atoms with Gasteiger partial charge < -0.3 is 19.7 Å². The lowest BCUT2D eigenvalue weighted by molar-refractivity contribution is 0.0691. The van der Waals surface area contributed by atoms with Gasteiger partial charge in [-0.05, 0) is 29.9 Å². The number of rotatable bonds is 5. The molecule has 1 saturated heterocycles. The molecule has 0 amide bonds. The standard InChI is InChI=1S/C16H18N4O3/c21-8-14-10(4-19-7-13(16(22)23)17-9-19)1-2-15(18-14)20-5-11-3-12(11)6-20/h1-2,7,9,11-12,21H,3-6,8H2,(H,22,23)/t11-,12?/m0/s1. The molecular formula is C16H18N4O3. The summed E-state index contributed by atoms with van der Waals surface area (Å²) in [5.41, 5.74) is 1.51. The second-order valence-corrected chi connectivity index (χ2v) is 6.33. The fraction of sp³-hybridized carbons (Fsp3) is 0.438. The van der Waals surface area contributed by atoms with Crippen LogP contribution >= 0.6 is 0 Å². The molecule has 2 atom stereocenters. The number of hydrogen-bond donors (Lipinski definition) is 2. The average molecular weight is 314 g/mol. The zero-order chi connectivity index (χ0) is 16.0. The average Bonchev–Trinajstić information content (AvgIpc) is 2.97. The van der Waals surface area contributed by atoms with E-state index in [9.17, 15) is 9.90 Å². The van der Waals surface area contributed by atoms with Crippen molar-refractivity contribution in [1.82, 2.24) is 14.5 Å². The topological polar surface area (TPSA) is 91.5 Å². The number of piperidine rings is 1. The van der Waals surface area contributed by atoms with Crippen LogP contribution in [0.4, 0.5) is 5.82 Å². The maximum Gasteiger partial charge on any atom is 0.356 e. The molecule has 1 aliphatic heterocycles. The minimum absolute atomic E-state index is 0.0106. The van der Waals surface area contributed by atoms with E-state index in [1.807, 2.05) is 12.1 Å². The smallest absolute Gasteiger partial charge is 0.356 e. The first kappa shape index (κ1) is 14.2. The molecule has 7 heteroatoms. The van der Waals surface area contributed by atoms with Crippen LogP contribution < -0.4 is 4.90 Å². The lowest BCUT2D eigenvalue weighted by Crippen LogP contribution is -2.23. The Kier molecular flexibility index (Phi) is 3.30. The molecule has 0 bridgehead atoms. The van der Waals surface area contributed by atoms with Gasteiger partial charge in [-0.15, -0.1) is 0 Å². The number of aliphatic hydroxyl groups is 1. The highest BCUT2D eigenvalue weighted by Crippen LogP contribution is 2.45. The number of anilines is 1. The monoisotopic (exact) mass is 314 g/mol. The molecular weight excluding hydrogens is 296 g/mol. The number of carbonyl (C=O) groups is 1. The van der Waals surface area contributed by atoms with E-state index in [0.29, 0.717) is 12.2 Å². The molecule has 0 radical (unpaired) electrons. The SMILES string of the molecule is O=C(O)c1cn(Cc2ccc(N3CC4C[C@H]4C3)nc2CO)cn1. The number of aliphatic hydroxyl groups excluding tert-OH is 1. The van der Waals surface area contributed by atoms with E-state index in [0.717, 1.165) is 36.3 Å². The van der Waals surface area contributed by atoms with Gasteiger partial charge in [0.05, 0.1) is 25.2 Å². The van der Waals surface area contributed by atoms with Gasteiger partial charge in [0, 0.05) is 19.3 Å². The summed E-state index contributed by atoms with van der Waals surface area (Å²) in [4.78, 5) is 21.6. The number of aromatic carboxylic acids is 1. The molecule has 2 fully saturated rings. The summed E-state index contributed by atoms with van der Waals surface area (Å²) in [5, 5.41) is 18.5. The highest BCUT2D eigenvalue weighted by Gasteiger charge is 2.45. The lowest BCUT2D eigenvalue weighted by atomic mass is 10.2. The van der Waals surface area contributed by atoms with Crippen molar-refractivity contribution in [3.05, 3.63) is 41.6 Å². The number of hydrogen-bond acceptors (Lipinski definition) is 5.